The first kappa shape index (κ1) is 12.3. The topological polar surface area (TPSA) is 32.3 Å². The van der Waals surface area contributed by atoms with Crippen LogP contribution in [0.15, 0.2) is 0 Å². The summed E-state index contributed by atoms with van der Waals surface area (Å²) in [5, 5.41) is 2.87. The number of urea groups is 1. The number of carbonyl (C=O) groups is 1. The average molecular weight is 186 g/mol. The van der Waals surface area contributed by atoms with Crippen LogP contribution in [0.2, 0.25) is 0 Å². The van der Waals surface area contributed by atoms with Gasteiger partial charge in [-0.15, -0.1) is 0 Å². The van der Waals surface area contributed by atoms with E-state index in [1.165, 1.54) is 0 Å². The molecule has 78 valence electrons. The number of likely N-dealkylation sites (tertiary alicyclic amines) is 1. The number of amides is 2. The van der Waals surface area contributed by atoms with Gasteiger partial charge in [-0.3, -0.25) is 0 Å². The van der Waals surface area contributed by atoms with Crippen LogP contribution in [-0.2, 0) is 0 Å². The molecule has 13 heavy (non-hydrogen) atoms. The summed E-state index contributed by atoms with van der Waals surface area (Å²) in [5.74, 6) is 0. The van der Waals surface area contributed by atoms with Crippen LogP contribution in [0.3, 0.4) is 0 Å². The molecule has 0 spiro atoms. The van der Waals surface area contributed by atoms with Crippen molar-refractivity contribution in [2.45, 2.75) is 46.6 Å². The van der Waals surface area contributed by atoms with Crippen LogP contribution in [0.5, 0.6) is 0 Å². The fourth-order valence-corrected chi connectivity index (χ4v) is 1.26. The van der Waals surface area contributed by atoms with Crippen molar-refractivity contribution in [3.63, 3.8) is 0 Å². The number of nitrogens with one attached hydrogen (secondary N) is 1. The predicted octanol–water partition coefficient (Wildman–Crippen LogP) is 2.23. The van der Waals surface area contributed by atoms with Gasteiger partial charge in [0.05, 0.1) is 0 Å². The third-order valence-corrected chi connectivity index (χ3v) is 1.81. The van der Waals surface area contributed by atoms with E-state index in [2.05, 4.69) is 5.32 Å². The van der Waals surface area contributed by atoms with Gasteiger partial charge in [-0.05, 0) is 26.7 Å². The van der Waals surface area contributed by atoms with E-state index in [9.17, 15) is 4.79 Å². The lowest BCUT2D eigenvalue weighted by Crippen LogP contribution is -2.41. The predicted molar refractivity (Wildman–Crippen MR) is 55.8 cm³/mol. The van der Waals surface area contributed by atoms with Crippen LogP contribution >= 0.6 is 0 Å². The summed E-state index contributed by atoms with van der Waals surface area (Å²) in [6.45, 7) is 9.82. The number of rotatable bonds is 1. The summed E-state index contributed by atoms with van der Waals surface area (Å²) in [4.78, 5) is 13.1. The monoisotopic (exact) mass is 186 g/mol. The Morgan fingerprint density at radius 1 is 1.23 bits per heavy atom. The lowest BCUT2D eigenvalue weighted by atomic mass is 10.4. The maximum atomic E-state index is 11.3. The summed E-state index contributed by atoms with van der Waals surface area (Å²) >= 11 is 0. The van der Waals surface area contributed by atoms with E-state index in [1.54, 1.807) is 0 Å². The quantitative estimate of drug-likeness (QED) is 0.669. The zero-order valence-electron chi connectivity index (χ0n) is 9.26. The van der Waals surface area contributed by atoms with E-state index in [1.807, 2.05) is 32.6 Å². The molecule has 1 saturated heterocycles. The molecule has 0 aromatic rings. The highest BCUT2D eigenvalue weighted by Crippen LogP contribution is 2.06. The summed E-state index contributed by atoms with van der Waals surface area (Å²) in [6.07, 6.45) is 2.32. The zero-order chi connectivity index (χ0) is 10.3. The van der Waals surface area contributed by atoms with Crippen molar-refractivity contribution < 1.29 is 4.79 Å². The lowest BCUT2D eigenvalue weighted by Gasteiger charge is -2.17. The minimum atomic E-state index is 0.0949. The third-order valence-electron chi connectivity index (χ3n) is 1.81. The molecular weight excluding hydrogens is 164 g/mol. The highest BCUT2D eigenvalue weighted by Gasteiger charge is 2.17. The van der Waals surface area contributed by atoms with Gasteiger partial charge in [0.25, 0.3) is 0 Å². The summed E-state index contributed by atoms with van der Waals surface area (Å²) in [7, 11) is 0. The van der Waals surface area contributed by atoms with Crippen molar-refractivity contribution in [1.29, 1.82) is 0 Å². The number of nitrogens with zero attached hydrogens (tertiary/aromatic N) is 1. The molecule has 1 heterocycles. The van der Waals surface area contributed by atoms with E-state index in [4.69, 9.17) is 0 Å². The first-order chi connectivity index (χ1) is 6.20. The minimum Gasteiger partial charge on any atom is -0.336 e. The minimum absolute atomic E-state index is 0.0949. The SMILES string of the molecule is CC.CC(C)NC(=O)N1CCCC1. The molecule has 1 fully saturated rings. The molecule has 0 aromatic heterocycles. The van der Waals surface area contributed by atoms with Gasteiger partial charge in [0.15, 0.2) is 0 Å². The Kier molecular flexibility index (Phi) is 6.37. The molecule has 1 aliphatic rings. The van der Waals surface area contributed by atoms with Gasteiger partial charge in [-0.25, -0.2) is 4.79 Å². The first-order valence-electron chi connectivity index (χ1n) is 5.25. The molecule has 0 aromatic carbocycles. The second kappa shape index (κ2) is 6.75. The van der Waals surface area contributed by atoms with Crippen molar-refractivity contribution in [3.8, 4) is 0 Å². The highest BCUT2D eigenvalue weighted by atomic mass is 16.2. The summed E-state index contributed by atoms with van der Waals surface area (Å²) in [6, 6.07) is 0.348. The molecule has 0 saturated carbocycles. The standard InChI is InChI=1S/C8H16N2O.C2H6/c1-7(2)9-8(11)10-5-3-4-6-10;1-2/h7H,3-6H2,1-2H3,(H,9,11);1-2H3. The molecule has 0 radical (unpaired) electrons. The summed E-state index contributed by atoms with van der Waals surface area (Å²) in [5.41, 5.74) is 0. The smallest absolute Gasteiger partial charge is 0.317 e. The van der Waals surface area contributed by atoms with Gasteiger partial charge in [-0.1, -0.05) is 13.8 Å². The van der Waals surface area contributed by atoms with Crippen LogP contribution in [0, 0.1) is 0 Å². The molecule has 2 amide bonds. The molecule has 0 aliphatic carbocycles. The second-order valence-corrected chi connectivity index (χ2v) is 3.30. The van der Waals surface area contributed by atoms with Crippen LogP contribution < -0.4 is 5.32 Å². The average Bonchev–Trinajstić information content (AvgIpc) is 2.58. The Labute approximate surface area is 81.5 Å². The molecule has 1 aliphatic heterocycles. The van der Waals surface area contributed by atoms with Gasteiger partial charge < -0.3 is 10.2 Å². The molecule has 1 N–H and O–H groups in total. The van der Waals surface area contributed by atoms with Crippen molar-refractivity contribution in [1.82, 2.24) is 10.2 Å². The van der Waals surface area contributed by atoms with Crippen molar-refractivity contribution in [3.05, 3.63) is 0 Å². The van der Waals surface area contributed by atoms with Gasteiger partial charge in [-0.2, -0.15) is 0 Å². The van der Waals surface area contributed by atoms with Gasteiger partial charge in [0, 0.05) is 19.1 Å². The Morgan fingerprint density at radius 2 is 1.69 bits per heavy atom. The van der Waals surface area contributed by atoms with Gasteiger partial charge >= 0.3 is 6.03 Å². The first-order valence-corrected chi connectivity index (χ1v) is 5.25. The second-order valence-electron chi connectivity index (χ2n) is 3.30. The molecule has 0 bridgehead atoms. The van der Waals surface area contributed by atoms with E-state index in [-0.39, 0.29) is 12.1 Å². The fourth-order valence-electron chi connectivity index (χ4n) is 1.26. The van der Waals surface area contributed by atoms with Crippen LogP contribution in [0.4, 0.5) is 4.79 Å². The van der Waals surface area contributed by atoms with Crippen LogP contribution in [0.1, 0.15) is 40.5 Å². The number of hydrogen-bond acceptors (Lipinski definition) is 1. The maximum Gasteiger partial charge on any atom is 0.317 e. The van der Waals surface area contributed by atoms with Crippen LogP contribution in [0.25, 0.3) is 0 Å². The molecule has 3 nitrogen and oxygen atoms in total. The zero-order valence-corrected chi connectivity index (χ0v) is 9.26. The Hall–Kier alpha value is -0.730. The van der Waals surface area contributed by atoms with E-state index in [0.717, 1.165) is 25.9 Å². The third kappa shape index (κ3) is 4.76. The fraction of sp³-hybridized carbons (Fsp3) is 0.900. The Bertz CT molecular complexity index is 140. The van der Waals surface area contributed by atoms with Crippen molar-refractivity contribution in [2.75, 3.05) is 13.1 Å². The Morgan fingerprint density at radius 3 is 2.08 bits per heavy atom. The number of carbonyl (C=O) groups excluding carboxylic acids is 1. The van der Waals surface area contributed by atoms with Crippen molar-refractivity contribution >= 4 is 6.03 Å². The van der Waals surface area contributed by atoms with E-state index in [0.29, 0.717) is 0 Å². The lowest BCUT2D eigenvalue weighted by molar-refractivity contribution is 0.206. The van der Waals surface area contributed by atoms with Crippen molar-refractivity contribution in [2.24, 2.45) is 0 Å². The maximum absolute atomic E-state index is 11.3. The van der Waals surface area contributed by atoms with E-state index < -0.39 is 0 Å². The highest BCUT2D eigenvalue weighted by molar-refractivity contribution is 5.74. The molecular formula is C10H22N2O. The molecule has 1 rings (SSSR count). The van der Waals surface area contributed by atoms with Gasteiger partial charge in [0.2, 0.25) is 0 Å². The largest absolute Gasteiger partial charge is 0.336 e. The Balaban J connectivity index is 0.000000671. The van der Waals surface area contributed by atoms with Gasteiger partial charge in [0.1, 0.15) is 0 Å². The molecule has 3 heteroatoms. The van der Waals surface area contributed by atoms with Crippen LogP contribution in [-0.4, -0.2) is 30.1 Å². The molecule has 0 unspecified atom stereocenters. The normalized spacial score (nSPS) is 15.3. The van der Waals surface area contributed by atoms with E-state index >= 15 is 0 Å². The molecule has 0 atom stereocenters. The number of hydrogen-bond donors (Lipinski definition) is 1. The summed E-state index contributed by atoms with van der Waals surface area (Å²) < 4.78 is 0.